The van der Waals surface area contributed by atoms with Crippen molar-refractivity contribution in [2.75, 3.05) is 19.7 Å². The highest BCUT2D eigenvalue weighted by molar-refractivity contribution is 5.90. The molecule has 1 atom stereocenters. The Kier molecular flexibility index (Phi) is 4.99. The number of alkyl halides is 3. The number of halogens is 3. The molecule has 0 aromatic carbocycles. The predicted molar refractivity (Wildman–Crippen MR) is 71.8 cm³/mol. The van der Waals surface area contributed by atoms with Crippen LogP contribution in [-0.2, 0) is 9.59 Å². The minimum absolute atomic E-state index is 0.0524. The van der Waals surface area contributed by atoms with E-state index in [2.05, 4.69) is 5.32 Å². The zero-order valence-electron chi connectivity index (χ0n) is 12.3. The molecule has 0 radical (unpaired) electrons. The lowest BCUT2D eigenvalue weighted by Crippen LogP contribution is -2.51. The second kappa shape index (κ2) is 6.44. The van der Waals surface area contributed by atoms with Crippen LogP contribution in [0, 0.1) is 5.41 Å². The number of amides is 2. The number of hydrogen-bond donors (Lipinski definition) is 2. The van der Waals surface area contributed by atoms with Gasteiger partial charge in [0.15, 0.2) is 0 Å². The van der Waals surface area contributed by atoms with Crippen LogP contribution in [0.5, 0.6) is 0 Å². The van der Waals surface area contributed by atoms with Crippen molar-refractivity contribution >= 4 is 11.8 Å². The molecule has 0 spiro atoms. The molecule has 1 saturated heterocycles. The first-order valence-corrected chi connectivity index (χ1v) is 7.55. The number of aliphatic hydroxyl groups is 1. The van der Waals surface area contributed by atoms with Crippen molar-refractivity contribution in [2.45, 2.75) is 50.7 Å². The van der Waals surface area contributed by atoms with Crippen molar-refractivity contribution in [1.29, 1.82) is 0 Å². The van der Waals surface area contributed by atoms with Gasteiger partial charge in [-0.25, -0.2) is 0 Å². The van der Waals surface area contributed by atoms with Crippen LogP contribution < -0.4 is 5.32 Å². The molecule has 1 aliphatic heterocycles. The number of likely N-dealkylation sites (tertiary alicyclic amines) is 1. The molecule has 0 aromatic rings. The average molecular weight is 322 g/mol. The molecule has 0 aromatic heterocycles. The lowest BCUT2D eigenvalue weighted by atomic mass is 9.87. The number of carbonyl (C=O) groups excluding carboxylic acids is 2. The Morgan fingerprint density at radius 2 is 1.86 bits per heavy atom. The third-order valence-electron chi connectivity index (χ3n) is 4.70. The van der Waals surface area contributed by atoms with Crippen LogP contribution in [0.25, 0.3) is 0 Å². The van der Waals surface area contributed by atoms with Crippen molar-refractivity contribution in [3.05, 3.63) is 0 Å². The summed E-state index contributed by atoms with van der Waals surface area (Å²) in [4.78, 5) is 24.1. The van der Waals surface area contributed by atoms with E-state index in [1.165, 1.54) is 0 Å². The molecule has 2 aliphatic rings. The molecule has 126 valence electrons. The summed E-state index contributed by atoms with van der Waals surface area (Å²) in [5.74, 6) is -2.52. The standard InChI is InChI=1S/C14H21F3N2O3/c15-14(16,17)12(22)19-7-3-4-10(19)11(21)18-8-13(9-20)5-1-2-6-13/h10,20H,1-9H2,(H,18,21). The molecule has 1 unspecified atom stereocenters. The number of aliphatic hydroxyl groups excluding tert-OH is 1. The normalized spacial score (nSPS) is 24.5. The average Bonchev–Trinajstić information content (AvgIpc) is 3.12. The SMILES string of the molecule is O=C(NCC1(CO)CCCC1)C1CCCN1C(=O)C(F)(F)F. The van der Waals surface area contributed by atoms with Crippen molar-refractivity contribution in [3.63, 3.8) is 0 Å². The molecule has 2 fully saturated rings. The second-order valence-corrected chi connectivity index (χ2v) is 6.24. The largest absolute Gasteiger partial charge is 0.471 e. The van der Waals surface area contributed by atoms with Crippen molar-refractivity contribution in [1.82, 2.24) is 10.2 Å². The van der Waals surface area contributed by atoms with Gasteiger partial charge in [-0.1, -0.05) is 12.8 Å². The Morgan fingerprint density at radius 3 is 2.41 bits per heavy atom. The van der Waals surface area contributed by atoms with Crippen LogP contribution in [0.3, 0.4) is 0 Å². The summed E-state index contributed by atoms with van der Waals surface area (Å²) >= 11 is 0. The summed E-state index contributed by atoms with van der Waals surface area (Å²) in [7, 11) is 0. The Hall–Kier alpha value is -1.31. The van der Waals surface area contributed by atoms with Gasteiger partial charge in [-0.05, 0) is 25.7 Å². The lowest BCUT2D eigenvalue weighted by Gasteiger charge is -2.29. The maximum atomic E-state index is 12.5. The molecule has 2 amide bonds. The van der Waals surface area contributed by atoms with Crippen LogP contribution in [0.15, 0.2) is 0 Å². The molecule has 5 nitrogen and oxygen atoms in total. The van der Waals surface area contributed by atoms with Gasteiger partial charge >= 0.3 is 12.1 Å². The smallest absolute Gasteiger partial charge is 0.396 e. The van der Waals surface area contributed by atoms with Crippen molar-refractivity contribution in [3.8, 4) is 0 Å². The molecule has 2 N–H and O–H groups in total. The van der Waals surface area contributed by atoms with Crippen LogP contribution >= 0.6 is 0 Å². The number of hydrogen-bond acceptors (Lipinski definition) is 3. The Morgan fingerprint density at radius 1 is 1.23 bits per heavy atom. The second-order valence-electron chi connectivity index (χ2n) is 6.24. The van der Waals surface area contributed by atoms with Crippen LogP contribution in [-0.4, -0.2) is 53.7 Å². The molecule has 1 saturated carbocycles. The van der Waals surface area contributed by atoms with E-state index in [4.69, 9.17) is 0 Å². The Balaban J connectivity index is 1.95. The molecule has 1 heterocycles. The summed E-state index contributed by atoms with van der Waals surface area (Å²) in [6.45, 7) is 0.137. The van der Waals surface area contributed by atoms with Gasteiger partial charge in [0.25, 0.3) is 0 Å². The van der Waals surface area contributed by atoms with Gasteiger partial charge in [0.1, 0.15) is 6.04 Å². The first kappa shape index (κ1) is 17.1. The van der Waals surface area contributed by atoms with E-state index in [0.29, 0.717) is 11.3 Å². The van der Waals surface area contributed by atoms with E-state index in [1.54, 1.807) is 0 Å². The van der Waals surface area contributed by atoms with Gasteiger partial charge in [0, 0.05) is 18.5 Å². The van der Waals surface area contributed by atoms with Crippen LogP contribution in [0.4, 0.5) is 13.2 Å². The number of nitrogens with one attached hydrogen (secondary N) is 1. The predicted octanol–water partition coefficient (Wildman–Crippen LogP) is 1.21. The molecule has 1 aliphatic carbocycles. The highest BCUT2D eigenvalue weighted by Gasteiger charge is 2.47. The summed E-state index contributed by atoms with van der Waals surface area (Å²) < 4.78 is 37.6. The molecule has 0 bridgehead atoms. The fraction of sp³-hybridized carbons (Fsp3) is 0.857. The number of nitrogens with zero attached hydrogens (tertiary/aromatic N) is 1. The van der Waals surface area contributed by atoms with E-state index >= 15 is 0 Å². The highest BCUT2D eigenvalue weighted by atomic mass is 19.4. The summed E-state index contributed by atoms with van der Waals surface area (Å²) in [6.07, 6.45) is -0.818. The Bertz CT molecular complexity index is 434. The fourth-order valence-corrected chi connectivity index (χ4v) is 3.35. The van der Waals surface area contributed by atoms with Gasteiger partial charge in [0.2, 0.25) is 5.91 Å². The van der Waals surface area contributed by atoms with Crippen molar-refractivity contribution in [2.24, 2.45) is 5.41 Å². The molecular formula is C14H21F3N2O3. The van der Waals surface area contributed by atoms with Crippen LogP contribution in [0.1, 0.15) is 38.5 Å². The lowest BCUT2D eigenvalue weighted by molar-refractivity contribution is -0.186. The van der Waals surface area contributed by atoms with Gasteiger partial charge in [-0.15, -0.1) is 0 Å². The molecular weight excluding hydrogens is 301 g/mol. The van der Waals surface area contributed by atoms with E-state index in [-0.39, 0.29) is 31.5 Å². The van der Waals surface area contributed by atoms with Gasteiger partial charge in [0.05, 0.1) is 6.61 Å². The minimum atomic E-state index is -4.96. The molecule has 22 heavy (non-hydrogen) atoms. The van der Waals surface area contributed by atoms with E-state index in [0.717, 1.165) is 25.7 Å². The topological polar surface area (TPSA) is 69.6 Å². The number of carbonyl (C=O) groups is 2. The summed E-state index contributed by atoms with van der Waals surface area (Å²) in [5, 5.41) is 12.1. The zero-order valence-corrected chi connectivity index (χ0v) is 12.3. The number of rotatable bonds is 4. The quantitative estimate of drug-likeness (QED) is 0.817. The summed E-state index contributed by atoms with van der Waals surface area (Å²) in [6, 6.07) is -1.06. The molecule has 8 heteroatoms. The van der Waals surface area contributed by atoms with Gasteiger partial charge in [-0.2, -0.15) is 13.2 Å². The first-order valence-electron chi connectivity index (χ1n) is 7.55. The van der Waals surface area contributed by atoms with Gasteiger partial charge in [-0.3, -0.25) is 9.59 Å². The Labute approximate surface area is 126 Å². The minimum Gasteiger partial charge on any atom is -0.396 e. The van der Waals surface area contributed by atoms with Crippen LogP contribution in [0.2, 0.25) is 0 Å². The van der Waals surface area contributed by atoms with Crippen molar-refractivity contribution < 1.29 is 27.9 Å². The fourth-order valence-electron chi connectivity index (χ4n) is 3.35. The van der Waals surface area contributed by atoms with Gasteiger partial charge < -0.3 is 15.3 Å². The zero-order chi connectivity index (χ0) is 16.4. The third-order valence-corrected chi connectivity index (χ3v) is 4.70. The van der Waals surface area contributed by atoms with E-state index in [1.807, 2.05) is 0 Å². The van der Waals surface area contributed by atoms with E-state index in [9.17, 15) is 27.9 Å². The first-order chi connectivity index (χ1) is 10.3. The molecule has 2 rings (SSSR count). The third kappa shape index (κ3) is 3.53. The van der Waals surface area contributed by atoms with E-state index < -0.39 is 24.0 Å². The maximum Gasteiger partial charge on any atom is 0.471 e. The monoisotopic (exact) mass is 322 g/mol. The maximum absolute atomic E-state index is 12.5. The highest BCUT2D eigenvalue weighted by Crippen LogP contribution is 2.37. The summed E-state index contributed by atoms with van der Waals surface area (Å²) in [5.41, 5.74) is -0.368.